The molecule has 1 saturated heterocycles. The lowest BCUT2D eigenvalue weighted by atomic mass is 9.33. The number of aliphatic carboxylic acids is 1. The number of rotatable bonds is 5. The number of hydrogen-bond donors (Lipinski definition) is 6. The fourth-order valence-electron chi connectivity index (χ4n) is 12.3. The zero-order valence-electron chi connectivity index (χ0n) is 28.8. The highest BCUT2D eigenvalue weighted by Crippen LogP contribution is 2.76. The molecule has 266 valence electrons. The average Bonchev–Trinajstić information content (AvgIpc) is 3.02. The Kier molecular flexibility index (Phi) is 8.60. The number of aliphatic hydroxyl groups is 5. The van der Waals surface area contributed by atoms with Gasteiger partial charge in [-0.3, -0.25) is 9.59 Å². The maximum absolute atomic E-state index is 13.1. The second kappa shape index (κ2) is 11.5. The Labute approximate surface area is 277 Å². The van der Waals surface area contributed by atoms with Gasteiger partial charge in [0.05, 0.1) is 43.4 Å². The first-order valence-corrected chi connectivity index (χ1v) is 17.5. The number of allylic oxidation sites excluding steroid dienone is 2. The maximum Gasteiger partial charge on any atom is 0.311 e. The minimum absolute atomic E-state index is 0.0553. The predicted octanol–water partition coefficient (Wildman–Crippen LogP) is 2.79. The molecule has 0 spiro atoms. The van der Waals surface area contributed by atoms with E-state index in [1.54, 1.807) is 0 Å². The van der Waals surface area contributed by atoms with Crippen molar-refractivity contribution in [3.8, 4) is 0 Å². The van der Waals surface area contributed by atoms with Gasteiger partial charge in [-0.2, -0.15) is 0 Å². The lowest BCUT2D eigenvalue weighted by Crippen LogP contribution is -2.69. The molecule has 9 unspecified atom stereocenters. The van der Waals surface area contributed by atoms with Gasteiger partial charge in [0.1, 0.15) is 18.3 Å². The van der Waals surface area contributed by atoms with E-state index in [1.165, 1.54) is 7.11 Å². The van der Waals surface area contributed by atoms with Gasteiger partial charge < -0.3 is 44.8 Å². The van der Waals surface area contributed by atoms with Crippen molar-refractivity contribution in [2.24, 2.45) is 50.2 Å². The number of carboxylic acids is 1. The molecule has 0 amide bonds. The third kappa shape index (κ3) is 4.69. The van der Waals surface area contributed by atoms with E-state index < -0.39 is 64.4 Å². The van der Waals surface area contributed by atoms with E-state index in [9.17, 15) is 40.2 Å². The van der Waals surface area contributed by atoms with Crippen LogP contribution < -0.4 is 0 Å². The van der Waals surface area contributed by atoms with Crippen LogP contribution in [0, 0.1) is 50.2 Å². The summed E-state index contributed by atoms with van der Waals surface area (Å²) < 4.78 is 17.0. The number of methoxy groups -OCH3 is 1. The summed E-state index contributed by atoms with van der Waals surface area (Å²) in [4.78, 5) is 26.1. The van der Waals surface area contributed by atoms with Crippen molar-refractivity contribution in [2.75, 3.05) is 20.3 Å². The van der Waals surface area contributed by atoms with Crippen molar-refractivity contribution >= 4 is 11.9 Å². The average molecular weight is 665 g/mol. The van der Waals surface area contributed by atoms with Gasteiger partial charge in [0.2, 0.25) is 0 Å². The number of aliphatic hydroxyl groups excluding tert-OH is 5. The topological polar surface area (TPSA) is 183 Å². The van der Waals surface area contributed by atoms with Gasteiger partial charge in [0.15, 0.2) is 6.29 Å². The van der Waals surface area contributed by atoms with Crippen LogP contribution in [0.3, 0.4) is 0 Å². The summed E-state index contributed by atoms with van der Waals surface area (Å²) in [5, 5.41) is 64.3. The van der Waals surface area contributed by atoms with Crippen molar-refractivity contribution in [3.05, 3.63) is 11.6 Å². The molecule has 47 heavy (non-hydrogen) atoms. The smallest absolute Gasteiger partial charge is 0.311 e. The highest BCUT2D eigenvalue weighted by Gasteiger charge is 2.71. The van der Waals surface area contributed by atoms with E-state index in [4.69, 9.17) is 14.2 Å². The minimum Gasteiger partial charge on any atom is -0.481 e. The molecule has 4 saturated carbocycles. The summed E-state index contributed by atoms with van der Waals surface area (Å²) in [6.07, 6.45) is 0.204. The molecule has 6 aliphatic rings. The molecule has 1 aliphatic heterocycles. The maximum atomic E-state index is 13.1. The molecule has 0 aromatic heterocycles. The molecule has 0 aromatic carbocycles. The number of carbonyl (C=O) groups is 2. The molecule has 5 aliphatic carbocycles. The molecule has 0 bridgehead atoms. The molecule has 5 fully saturated rings. The lowest BCUT2D eigenvalue weighted by Gasteiger charge is -2.71. The van der Waals surface area contributed by atoms with Gasteiger partial charge >= 0.3 is 11.9 Å². The van der Waals surface area contributed by atoms with E-state index in [-0.39, 0.29) is 47.8 Å². The summed E-state index contributed by atoms with van der Waals surface area (Å²) in [6.45, 7) is 10.2. The van der Waals surface area contributed by atoms with Crippen LogP contribution in [0.4, 0.5) is 0 Å². The number of hydrogen-bond acceptors (Lipinski definition) is 10. The molecular formula is C36H56O11. The van der Waals surface area contributed by atoms with Gasteiger partial charge in [0, 0.05) is 5.41 Å². The van der Waals surface area contributed by atoms with Crippen LogP contribution in [0.5, 0.6) is 0 Å². The zero-order chi connectivity index (χ0) is 34.5. The van der Waals surface area contributed by atoms with Gasteiger partial charge in [-0.25, -0.2) is 0 Å². The summed E-state index contributed by atoms with van der Waals surface area (Å²) >= 11 is 0. The molecule has 6 N–H and O–H groups in total. The van der Waals surface area contributed by atoms with Crippen LogP contribution in [0.25, 0.3) is 0 Å². The Bertz CT molecular complexity index is 1300. The monoisotopic (exact) mass is 664 g/mol. The molecule has 0 aromatic rings. The highest BCUT2D eigenvalue weighted by molar-refractivity contribution is 5.80. The normalized spacial score (nSPS) is 54.2. The summed E-state index contributed by atoms with van der Waals surface area (Å²) in [5.74, 6) is -1.29. The Balaban J connectivity index is 1.35. The van der Waals surface area contributed by atoms with E-state index >= 15 is 0 Å². The third-order valence-electron chi connectivity index (χ3n) is 15.3. The fourth-order valence-corrected chi connectivity index (χ4v) is 12.3. The number of esters is 1. The Morgan fingerprint density at radius 2 is 1.60 bits per heavy atom. The standard InChI is InChI=1S/C36H56O11/c1-31(30(44)45-6)11-13-36(29(42)43)14-12-34(4)19(20(36)15-31)7-8-24-32(2)16-21(38)27(47-28-26(41)25(40)22(39)17-46-28)33(3,18-37)23(32)9-10-35(24,34)5/h7,20-28,37-41H,8-18H2,1-6H3,(H,42,43)/t20?,21?,22?,23?,24?,25?,26?,27?,28?,31-,32-,33-,34+,35+,36-/m0/s1. The van der Waals surface area contributed by atoms with E-state index in [0.717, 1.165) is 24.8 Å². The fraction of sp³-hybridized carbons (Fsp3) is 0.889. The number of ether oxygens (including phenoxy) is 3. The number of carboxylic acid groups (broad SMARTS) is 1. The Morgan fingerprint density at radius 1 is 0.915 bits per heavy atom. The van der Waals surface area contributed by atoms with Crippen LogP contribution in [0.1, 0.15) is 92.4 Å². The van der Waals surface area contributed by atoms with Crippen molar-refractivity contribution < 1.29 is 54.4 Å². The van der Waals surface area contributed by atoms with E-state index in [2.05, 4.69) is 26.8 Å². The minimum atomic E-state index is -1.51. The van der Waals surface area contributed by atoms with E-state index in [0.29, 0.717) is 38.5 Å². The molecular weight excluding hydrogens is 608 g/mol. The summed E-state index contributed by atoms with van der Waals surface area (Å²) in [7, 11) is 1.40. The summed E-state index contributed by atoms with van der Waals surface area (Å²) in [5.41, 5.74) is -2.39. The Hall–Kier alpha value is -1.60. The van der Waals surface area contributed by atoms with Crippen molar-refractivity contribution in [1.82, 2.24) is 0 Å². The van der Waals surface area contributed by atoms with E-state index in [1.807, 2.05) is 13.8 Å². The first-order valence-electron chi connectivity index (χ1n) is 17.5. The molecule has 11 nitrogen and oxygen atoms in total. The van der Waals surface area contributed by atoms with Gasteiger partial charge in [-0.05, 0) is 98.7 Å². The first-order chi connectivity index (χ1) is 21.9. The molecule has 15 atom stereocenters. The predicted molar refractivity (Wildman–Crippen MR) is 168 cm³/mol. The van der Waals surface area contributed by atoms with Crippen molar-refractivity contribution in [1.29, 1.82) is 0 Å². The molecule has 0 radical (unpaired) electrons. The van der Waals surface area contributed by atoms with Crippen LogP contribution in [-0.4, -0.2) is 99.7 Å². The largest absolute Gasteiger partial charge is 0.481 e. The number of carbonyl (C=O) groups excluding carboxylic acids is 1. The van der Waals surface area contributed by atoms with Crippen molar-refractivity contribution in [2.45, 2.75) is 129 Å². The second-order valence-electron chi connectivity index (χ2n) is 17.3. The van der Waals surface area contributed by atoms with Crippen LogP contribution >= 0.6 is 0 Å². The van der Waals surface area contributed by atoms with Crippen LogP contribution in [0.15, 0.2) is 11.6 Å². The van der Waals surface area contributed by atoms with Gasteiger partial charge in [-0.15, -0.1) is 0 Å². The number of fused-ring (bicyclic) bond motifs is 7. The van der Waals surface area contributed by atoms with Crippen LogP contribution in [-0.2, 0) is 23.8 Å². The Morgan fingerprint density at radius 3 is 2.23 bits per heavy atom. The molecule has 11 heteroatoms. The second-order valence-corrected chi connectivity index (χ2v) is 17.3. The lowest BCUT2D eigenvalue weighted by molar-refractivity contribution is -0.328. The van der Waals surface area contributed by atoms with Gasteiger partial charge in [0.25, 0.3) is 0 Å². The molecule has 1 heterocycles. The first kappa shape index (κ1) is 35.2. The SMILES string of the molecule is COC(=O)[C@@]1(C)CC[C@]2(C(=O)O)CC[C@]3(C)C(=CCC4[C@@]5(C)CC(O)C(OC6OCC(O)C(O)C6O)[C@@](C)(CO)C5CC[C@]43C)C2C1. The van der Waals surface area contributed by atoms with Crippen molar-refractivity contribution in [3.63, 3.8) is 0 Å². The highest BCUT2D eigenvalue weighted by atomic mass is 16.7. The third-order valence-corrected chi connectivity index (χ3v) is 15.3. The zero-order valence-corrected chi connectivity index (χ0v) is 28.8. The molecule has 6 rings (SSSR count). The quantitative estimate of drug-likeness (QED) is 0.144. The summed E-state index contributed by atoms with van der Waals surface area (Å²) in [6, 6.07) is 0. The van der Waals surface area contributed by atoms with Gasteiger partial charge in [-0.1, -0.05) is 39.3 Å². The van der Waals surface area contributed by atoms with Crippen LogP contribution in [0.2, 0.25) is 0 Å².